The summed E-state index contributed by atoms with van der Waals surface area (Å²) in [5.74, 6) is 6.45. The number of nitrogen functional groups attached to an aromatic ring is 1. The Kier molecular flexibility index (Phi) is 2.95. The van der Waals surface area contributed by atoms with Crippen LogP contribution in [-0.2, 0) is 0 Å². The van der Waals surface area contributed by atoms with Gasteiger partial charge in [0.15, 0.2) is 11.5 Å². The average molecular weight is 248 g/mol. The topological polar surface area (TPSA) is 108 Å². The Morgan fingerprint density at radius 2 is 2.06 bits per heavy atom. The minimum atomic E-state index is 0.367. The van der Waals surface area contributed by atoms with Gasteiger partial charge in [-0.3, -0.25) is 10.5 Å². The highest BCUT2D eigenvalue weighted by Gasteiger charge is 2.14. The molecule has 0 atom stereocenters. The zero-order chi connectivity index (χ0) is 12.4. The Bertz CT molecular complexity index is 530. The number of hydrogen-bond acceptors (Lipinski definition) is 7. The highest BCUT2D eigenvalue weighted by atomic mass is 15.5. The molecule has 2 aromatic rings. The molecule has 0 aromatic carbocycles. The van der Waals surface area contributed by atoms with E-state index >= 15 is 0 Å². The van der Waals surface area contributed by atoms with Crippen molar-refractivity contribution in [3.05, 3.63) is 6.20 Å². The van der Waals surface area contributed by atoms with Crippen molar-refractivity contribution in [2.24, 2.45) is 5.84 Å². The van der Waals surface area contributed by atoms with E-state index in [2.05, 4.69) is 36.0 Å². The van der Waals surface area contributed by atoms with Crippen LogP contribution in [0.25, 0.3) is 11.0 Å². The Balaban J connectivity index is 1.91. The lowest BCUT2D eigenvalue weighted by Crippen LogP contribution is -2.35. The Morgan fingerprint density at radius 3 is 2.83 bits per heavy atom. The van der Waals surface area contributed by atoms with Gasteiger partial charge in [0.2, 0.25) is 5.95 Å². The summed E-state index contributed by atoms with van der Waals surface area (Å²) < 4.78 is 0. The van der Waals surface area contributed by atoms with Crippen LogP contribution in [0.2, 0.25) is 0 Å². The number of aromatic amines is 1. The minimum absolute atomic E-state index is 0.367. The first-order valence-corrected chi connectivity index (χ1v) is 6.06. The van der Waals surface area contributed by atoms with Gasteiger partial charge in [-0.05, 0) is 12.8 Å². The number of piperidine rings is 1. The number of aromatic nitrogens is 4. The number of nitrogens with two attached hydrogens (primary N) is 1. The monoisotopic (exact) mass is 248 g/mol. The molecule has 5 N–H and O–H groups in total. The van der Waals surface area contributed by atoms with Crippen molar-refractivity contribution in [3.63, 3.8) is 0 Å². The molecule has 3 rings (SSSR count). The summed E-state index contributed by atoms with van der Waals surface area (Å²) in [6.07, 6.45) is 5.41. The van der Waals surface area contributed by atoms with Gasteiger partial charge in [0, 0.05) is 13.1 Å². The molecule has 0 unspecified atom stereocenters. The molecule has 1 fully saturated rings. The van der Waals surface area contributed by atoms with Gasteiger partial charge in [-0.2, -0.15) is 15.1 Å². The standard InChI is InChI=1S/C10H16N8/c11-15-10-13-8-7(6-12-16-8)9(14-10)17-18-4-2-1-3-5-18/h6H,1-5,11H2,(H3,12,13,14,15,16,17). The van der Waals surface area contributed by atoms with Gasteiger partial charge < -0.3 is 5.43 Å². The summed E-state index contributed by atoms with van der Waals surface area (Å²) in [4.78, 5) is 8.51. The number of hydrazine groups is 2. The van der Waals surface area contributed by atoms with Crippen LogP contribution in [0.5, 0.6) is 0 Å². The summed E-state index contributed by atoms with van der Waals surface area (Å²) in [6.45, 7) is 2.05. The van der Waals surface area contributed by atoms with E-state index in [1.54, 1.807) is 6.20 Å². The molecule has 0 spiro atoms. The fourth-order valence-electron chi connectivity index (χ4n) is 2.14. The Hall–Kier alpha value is -1.93. The fourth-order valence-corrected chi connectivity index (χ4v) is 2.14. The van der Waals surface area contributed by atoms with E-state index in [4.69, 9.17) is 5.84 Å². The van der Waals surface area contributed by atoms with Crippen molar-refractivity contribution in [1.82, 2.24) is 25.2 Å². The maximum absolute atomic E-state index is 5.36. The number of hydrogen-bond donors (Lipinski definition) is 4. The molecule has 96 valence electrons. The minimum Gasteiger partial charge on any atom is -0.302 e. The molecule has 8 nitrogen and oxygen atoms in total. The average Bonchev–Trinajstić information content (AvgIpc) is 2.88. The van der Waals surface area contributed by atoms with Gasteiger partial charge in [-0.25, -0.2) is 10.9 Å². The van der Waals surface area contributed by atoms with Crippen molar-refractivity contribution < 1.29 is 0 Å². The van der Waals surface area contributed by atoms with Crippen LogP contribution >= 0.6 is 0 Å². The van der Waals surface area contributed by atoms with E-state index in [0.717, 1.165) is 24.3 Å². The first-order chi connectivity index (χ1) is 8.86. The van der Waals surface area contributed by atoms with E-state index in [-0.39, 0.29) is 0 Å². The first kappa shape index (κ1) is 11.2. The molecule has 0 saturated carbocycles. The Labute approximate surface area is 104 Å². The van der Waals surface area contributed by atoms with E-state index in [1.165, 1.54) is 19.3 Å². The zero-order valence-electron chi connectivity index (χ0n) is 9.98. The van der Waals surface area contributed by atoms with Gasteiger partial charge in [0.25, 0.3) is 0 Å². The molecule has 2 aromatic heterocycles. The fraction of sp³-hybridized carbons (Fsp3) is 0.500. The third kappa shape index (κ3) is 2.07. The molecule has 1 saturated heterocycles. The van der Waals surface area contributed by atoms with Gasteiger partial charge in [0.05, 0.1) is 11.6 Å². The van der Waals surface area contributed by atoms with E-state index < -0.39 is 0 Å². The molecule has 3 heterocycles. The quantitative estimate of drug-likeness (QED) is 0.461. The Morgan fingerprint density at radius 1 is 1.22 bits per heavy atom. The third-order valence-corrected chi connectivity index (χ3v) is 3.06. The third-order valence-electron chi connectivity index (χ3n) is 3.06. The van der Waals surface area contributed by atoms with E-state index in [0.29, 0.717) is 11.6 Å². The summed E-state index contributed by atoms with van der Waals surface area (Å²) in [7, 11) is 0. The van der Waals surface area contributed by atoms with Crippen LogP contribution in [0, 0.1) is 0 Å². The largest absolute Gasteiger partial charge is 0.302 e. The molecule has 0 bridgehead atoms. The van der Waals surface area contributed by atoms with Gasteiger partial charge in [-0.1, -0.05) is 6.42 Å². The van der Waals surface area contributed by atoms with Crippen molar-refractivity contribution in [2.75, 3.05) is 23.9 Å². The molecular formula is C10H16N8. The van der Waals surface area contributed by atoms with Crippen molar-refractivity contribution in [2.45, 2.75) is 19.3 Å². The predicted molar refractivity (Wildman–Crippen MR) is 68.5 cm³/mol. The molecule has 1 aliphatic heterocycles. The lowest BCUT2D eigenvalue weighted by Gasteiger charge is -2.27. The van der Waals surface area contributed by atoms with Crippen LogP contribution in [0.4, 0.5) is 11.8 Å². The molecule has 8 heteroatoms. The van der Waals surface area contributed by atoms with Crippen LogP contribution in [0.15, 0.2) is 6.20 Å². The molecule has 0 amide bonds. The summed E-state index contributed by atoms with van der Waals surface area (Å²) >= 11 is 0. The second-order valence-electron chi connectivity index (χ2n) is 4.33. The highest BCUT2D eigenvalue weighted by Crippen LogP contribution is 2.21. The number of fused-ring (bicyclic) bond motifs is 1. The number of H-pyrrole nitrogens is 1. The van der Waals surface area contributed by atoms with E-state index in [9.17, 15) is 0 Å². The molecule has 0 aliphatic carbocycles. The first-order valence-electron chi connectivity index (χ1n) is 6.06. The summed E-state index contributed by atoms with van der Waals surface area (Å²) in [5, 5.41) is 9.82. The molecular weight excluding hydrogens is 232 g/mol. The maximum atomic E-state index is 5.36. The van der Waals surface area contributed by atoms with Crippen LogP contribution in [0.1, 0.15) is 19.3 Å². The summed E-state index contributed by atoms with van der Waals surface area (Å²) in [5.41, 5.74) is 6.43. The molecule has 0 radical (unpaired) electrons. The number of anilines is 2. The normalized spacial score (nSPS) is 16.9. The number of rotatable bonds is 3. The maximum Gasteiger partial charge on any atom is 0.241 e. The summed E-state index contributed by atoms with van der Waals surface area (Å²) in [6, 6.07) is 0. The lowest BCUT2D eigenvalue weighted by atomic mass is 10.2. The lowest BCUT2D eigenvalue weighted by molar-refractivity contribution is 0.272. The van der Waals surface area contributed by atoms with Crippen molar-refractivity contribution >= 4 is 22.8 Å². The van der Waals surface area contributed by atoms with Crippen LogP contribution in [0.3, 0.4) is 0 Å². The molecule has 1 aliphatic rings. The number of nitrogens with one attached hydrogen (secondary N) is 3. The second kappa shape index (κ2) is 4.75. The SMILES string of the molecule is NNc1nc(NN2CCCCC2)c2cn[nH]c2n1. The number of nitrogens with zero attached hydrogens (tertiary/aromatic N) is 4. The van der Waals surface area contributed by atoms with Crippen molar-refractivity contribution in [1.29, 1.82) is 0 Å². The van der Waals surface area contributed by atoms with Crippen LogP contribution < -0.4 is 16.7 Å². The smallest absolute Gasteiger partial charge is 0.241 e. The van der Waals surface area contributed by atoms with Gasteiger partial charge >= 0.3 is 0 Å². The zero-order valence-corrected chi connectivity index (χ0v) is 9.98. The van der Waals surface area contributed by atoms with Gasteiger partial charge in [0.1, 0.15) is 0 Å². The van der Waals surface area contributed by atoms with Crippen LogP contribution in [-0.4, -0.2) is 38.3 Å². The van der Waals surface area contributed by atoms with Crippen molar-refractivity contribution in [3.8, 4) is 0 Å². The molecule has 18 heavy (non-hydrogen) atoms. The predicted octanol–water partition coefficient (Wildman–Crippen LogP) is 0.451. The highest BCUT2D eigenvalue weighted by molar-refractivity contribution is 5.86. The van der Waals surface area contributed by atoms with Gasteiger partial charge in [-0.15, -0.1) is 0 Å². The second-order valence-corrected chi connectivity index (χ2v) is 4.33. The van der Waals surface area contributed by atoms with E-state index in [1.807, 2.05) is 0 Å².